The van der Waals surface area contributed by atoms with Crippen molar-refractivity contribution in [2.24, 2.45) is 0 Å². The van der Waals surface area contributed by atoms with Crippen LogP contribution in [-0.2, 0) is 16.1 Å². The highest BCUT2D eigenvalue weighted by Crippen LogP contribution is 2.09. The molecule has 1 N–H and O–H groups in total. The number of ether oxygens (including phenoxy) is 2. The summed E-state index contributed by atoms with van der Waals surface area (Å²) >= 11 is 0. The number of carbonyl (C=O) groups is 1. The molecule has 1 rings (SSSR count). The van der Waals surface area contributed by atoms with E-state index in [0.29, 0.717) is 31.9 Å². The highest BCUT2D eigenvalue weighted by Gasteiger charge is 2.04. The van der Waals surface area contributed by atoms with Gasteiger partial charge in [-0.05, 0) is 12.1 Å². The first kappa shape index (κ1) is 16.4. The van der Waals surface area contributed by atoms with Gasteiger partial charge in [0, 0.05) is 34.3 Å². The largest absolute Gasteiger partial charge is 0.491 e. The van der Waals surface area contributed by atoms with Gasteiger partial charge in [0.1, 0.15) is 5.75 Å². The van der Waals surface area contributed by atoms with Crippen molar-refractivity contribution in [3.05, 3.63) is 24.0 Å². The molecule has 0 saturated carbocycles. The SMILES string of the molecule is COCCNCc1ccc(OCCC(=O)N(C)C)cn1. The quantitative estimate of drug-likeness (QED) is 0.674. The average molecular weight is 281 g/mol. The Hall–Kier alpha value is -1.66. The van der Waals surface area contributed by atoms with Gasteiger partial charge < -0.3 is 19.7 Å². The molecule has 6 nitrogen and oxygen atoms in total. The summed E-state index contributed by atoms with van der Waals surface area (Å²) in [7, 11) is 5.14. The van der Waals surface area contributed by atoms with Crippen molar-refractivity contribution < 1.29 is 14.3 Å². The van der Waals surface area contributed by atoms with Gasteiger partial charge in [0.25, 0.3) is 0 Å². The van der Waals surface area contributed by atoms with E-state index in [1.54, 1.807) is 32.3 Å². The van der Waals surface area contributed by atoms with Gasteiger partial charge in [0.2, 0.25) is 5.91 Å². The fourth-order valence-electron chi connectivity index (χ4n) is 1.47. The summed E-state index contributed by atoms with van der Waals surface area (Å²) < 4.78 is 10.4. The number of rotatable bonds is 9. The molecular weight excluding hydrogens is 258 g/mol. The second-order valence-electron chi connectivity index (χ2n) is 4.54. The zero-order valence-electron chi connectivity index (χ0n) is 12.4. The Morgan fingerprint density at radius 2 is 2.15 bits per heavy atom. The molecule has 0 aromatic carbocycles. The molecule has 6 heteroatoms. The standard InChI is InChI=1S/C14H23N3O3/c1-17(2)14(18)6-8-20-13-5-4-12(16-11-13)10-15-7-9-19-3/h4-5,11,15H,6-10H2,1-3H3. The zero-order valence-corrected chi connectivity index (χ0v) is 12.4. The molecule has 0 aliphatic heterocycles. The van der Waals surface area contributed by atoms with E-state index in [2.05, 4.69) is 10.3 Å². The Morgan fingerprint density at radius 3 is 2.75 bits per heavy atom. The van der Waals surface area contributed by atoms with Gasteiger partial charge in [0.05, 0.1) is 31.5 Å². The van der Waals surface area contributed by atoms with Crippen molar-refractivity contribution >= 4 is 5.91 Å². The minimum atomic E-state index is 0.0527. The number of hydrogen-bond donors (Lipinski definition) is 1. The predicted molar refractivity (Wildman–Crippen MR) is 76.6 cm³/mol. The Kier molecular flexibility index (Phi) is 7.60. The first-order valence-corrected chi connectivity index (χ1v) is 6.61. The molecule has 0 aliphatic carbocycles. The van der Waals surface area contributed by atoms with Crippen LogP contribution in [-0.4, -0.2) is 56.8 Å². The Bertz CT molecular complexity index is 393. The zero-order chi connectivity index (χ0) is 14.8. The highest BCUT2D eigenvalue weighted by molar-refractivity contribution is 5.75. The third-order valence-corrected chi connectivity index (χ3v) is 2.67. The maximum Gasteiger partial charge on any atom is 0.225 e. The molecule has 0 fully saturated rings. The van der Waals surface area contributed by atoms with Crippen molar-refractivity contribution in [2.75, 3.05) is 41.0 Å². The van der Waals surface area contributed by atoms with Crippen LogP contribution < -0.4 is 10.1 Å². The van der Waals surface area contributed by atoms with Crippen molar-refractivity contribution in [3.8, 4) is 5.75 Å². The average Bonchev–Trinajstić information content (AvgIpc) is 2.45. The van der Waals surface area contributed by atoms with Gasteiger partial charge in [0.15, 0.2) is 0 Å². The summed E-state index contributed by atoms with van der Waals surface area (Å²) in [5.74, 6) is 0.731. The lowest BCUT2D eigenvalue weighted by molar-refractivity contribution is -0.129. The van der Waals surface area contributed by atoms with Gasteiger partial charge in [-0.25, -0.2) is 0 Å². The topological polar surface area (TPSA) is 63.7 Å². The van der Waals surface area contributed by atoms with Crippen LogP contribution in [0, 0.1) is 0 Å². The van der Waals surface area contributed by atoms with E-state index in [1.165, 1.54) is 0 Å². The molecule has 1 aromatic heterocycles. The van der Waals surface area contributed by atoms with Crippen LogP contribution in [0.3, 0.4) is 0 Å². The summed E-state index contributed by atoms with van der Waals surface area (Å²) in [6, 6.07) is 3.77. The fourth-order valence-corrected chi connectivity index (χ4v) is 1.47. The van der Waals surface area contributed by atoms with E-state index in [4.69, 9.17) is 9.47 Å². The third-order valence-electron chi connectivity index (χ3n) is 2.67. The van der Waals surface area contributed by atoms with Crippen molar-refractivity contribution in [1.82, 2.24) is 15.2 Å². The maximum atomic E-state index is 11.4. The lowest BCUT2D eigenvalue weighted by atomic mass is 10.3. The van der Waals surface area contributed by atoms with Crippen LogP contribution in [0.4, 0.5) is 0 Å². The molecular formula is C14H23N3O3. The van der Waals surface area contributed by atoms with Crippen LogP contribution >= 0.6 is 0 Å². The van der Waals surface area contributed by atoms with Gasteiger partial charge in [-0.15, -0.1) is 0 Å². The second kappa shape index (κ2) is 9.28. The lowest BCUT2D eigenvalue weighted by Gasteiger charge is -2.11. The van der Waals surface area contributed by atoms with Crippen LogP contribution in [0.15, 0.2) is 18.3 Å². The maximum absolute atomic E-state index is 11.4. The Labute approximate surface area is 120 Å². The molecule has 0 unspecified atom stereocenters. The van der Waals surface area contributed by atoms with E-state index in [9.17, 15) is 4.79 Å². The first-order valence-electron chi connectivity index (χ1n) is 6.61. The molecule has 1 amide bonds. The molecule has 0 bridgehead atoms. The summed E-state index contributed by atoms with van der Waals surface area (Å²) in [4.78, 5) is 17.2. The van der Waals surface area contributed by atoms with Crippen LogP contribution in [0.1, 0.15) is 12.1 Å². The molecule has 0 aliphatic rings. The van der Waals surface area contributed by atoms with Crippen LogP contribution in [0.5, 0.6) is 5.75 Å². The van der Waals surface area contributed by atoms with Crippen molar-refractivity contribution in [1.29, 1.82) is 0 Å². The normalized spacial score (nSPS) is 10.3. The minimum Gasteiger partial charge on any atom is -0.491 e. The highest BCUT2D eigenvalue weighted by atomic mass is 16.5. The summed E-state index contributed by atoms with van der Waals surface area (Å²) in [5, 5.41) is 3.21. The fraction of sp³-hybridized carbons (Fsp3) is 0.571. The number of hydrogen-bond acceptors (Lipinski definition) is 5. The number of nitrogens with zero attached hydrogens (tertiary/aromatic N) is 2. The monoisotopic (exact) mass is 281 g/mol. The smallest absolute Gasteiger partial charge is 0.225 e. The van der Waals surface area contributed by atoms with Gasteiger partial charge in [-0.1, -0.05) is 0 Å². The molecule has 20 heavy (non-hydrogen) atoms. The number of pyridine rings is 1. The number of amides is 1. The number of aromatic nitrogens is 1. The van der Waals surface area contributed by atoms with Crippen LogP contribution in [0.25, 0.3) is 0 Å². The molecule has 0 saturated heterocycles. The van der Waals surface area contributed by atoms with Crippen LogP contribution in [0.2, 0.25) is 0 Å². The van der Waals surface area contributed by atoms with E-state index in [-0.39, 0.29) is 5.91 Å². The molecule has 0 atom stereocenters. The predicted octanol–water partition coefficient (Wildman–Crippen LogP) is 0.675. The van der Waals surface area contributed by atoms with Gasteiger partial charge >= 0.3 is 0 Å². The molecule has 0 spiro atoms. The molecule has 112 valence electrons. The van der Waals surface area contributed by atoms with Crippen molar-refractivity contribution in [2.45, 2.75) is 13.0 Å². The number of carbonyl (C=O) groups excluding carboxylic acids is 1. The van der Waals surface area contributed by atoms with Crippen molar-refractivity contribution in [3.63, 3.8) is 0 Å². The Morgan fingerprint density at radius 1 is 1.35 bits per heavy atom. The third kappa shape index (κ3) is 6.49. The lowest BCUT2D eigenvalue weighted by Crippen LogP contribution is -2.23. The van der Waals surface area contributed by atoms with E-state index in [0.717, 1.165) is 12.2 Å². The van der Waals surface area contributed by atoms with Gasteiger partial charge in [-0.2, -0.15) is 0 Å². The summed E-state index contributed by atoms with van der Waals surface area (Å²) in [6.07, 6.45) is 2.04. The Balaban J connectivity index is 2.26. The summed E-state index contributed by atoms with van der Waals surface area (Å²) in [5.41, 5.74) is 0.942. The second-order valence-corrected chi connectivity index (χ2v) is 4.54. The molecule has 0 radical (unpaired) electrons. The summed E-state index contributed by atoms with van der Waals surface area (Å²) in [6.45, 7) is 2.54. The first-order chi connectivity index (χ1) is 9.63. The number of nitrogens with one attached hydrogen (secondary N) is 1. The van der Waals surface area contributed by atoms with Gasteiger partial charge in [-0.3, -0.25) is 9.78 Å². The van der Waals surface area contributed by atoms with E-state index < -0.39 is 0 Å². The molecule has 1 heterocycles. The van der Waals surface area contributed by atoms with E-state index in [1.807, 2.05) is 12.1 Å². The minimum absolute atomic E-state index is 0.0527. The molecule has 1 aromatic rings. The number of methoxy groups -OCH3 is 1. The van der Waals surface area contributed by atoms with E-state index >= 15 is 0 Å².